The number of halogens is 1. The number of nitrogens with two attached hydrogens (primary N) is 1. The van der Waals surface area contributed by atoms with Crippen molar-refractivity contribution in [2.24, 2.45) is 11.7 Å². The van der Waals surface area contributed by atoms with Crippen molar-refractivity contribution in [3.63, 3.8) is 0 Å². The first-order valence-electron chi connectivity index (χ1n) is 6.02. The molecule has 0 saturated carbocycles. The Morgan fingerprint density at radius 2 is 2.11 bits per heavy atom. The number of hydrogen-bond donors (Lipinski definition) is 2. The van der Waals surface area contributed by atoms with Gasteiger partial charge in [-0.25, -0.2) is 4.98 Å². The molecule has 0 aliphatic rings. The van der Waals surface area contributed by atoms with Crippen LogP contribution >= 0.6 is 23.7 Å². The van der Waals surface area contributed by atoms with E-state index in [0.717, 1.165) is 23.4 Å². The number of carbonyl (C=O) groups excluding carboxylic acids is 1. The fraction of sp³-hybridized carbons (Fsp3) is 0.667. The molecule has 104 valence electrons. The number of amides is 1. The maximum Gasteiger partial charge on any atom is 0.243 e. The third-order valence-electron chi connectivity index (χ3n) is 3.02. The highest BCUT2D eigenvalue weighted by molar-refractivity contribution is 7.15. The highest BCUT2D eigenvalue weighted by Crippen LogP contribution is 2.22. The first-order chi connectivity index (χ1) is 7.99. The van der Waals surface area contributed by atoms with Gasteiger partial charge in [-0.05, 0) is 19.3 Å². The predicted molar refractivity (Wildman–Crippen MR) is 79.5 cm³/mol. The SMILES string of the molecule is CCc1nc(NC(=O)C(N)C(C)CC)sc1C.Cl. The molecule has 0 fully saturated rings. The summed E-state index contributed by atoms with van der Waals surface area (Å²) in [7, 11) is 0. The van der Waals surface area contributed by atoms with Gasteiger partial charge in [0.15, 0.2) is 5.13 Å². The predicted octanol–water partition coefficient (Wildman–Crippen LogP) is 2.75. The minimum Gasteiger partial charge on any atom is -0.320 e. The van der Waals surface area contributed by atoms with Crippen LogP contribution in [0.3, 0.4) is 0 Å². The van der Waals surface area contributed by atoms with Gasteiger partial charge in [0.1, 0.15) is 0 Å². The van der Waals surface area contributed by atoms with E-state index in [4.69, 9.17) is 5.73 Å². The molecule has 1 aromatic rings. The summed E-state index contributed by atoms with van der Waals surface area (Å²) in [5.74, 6) is 0.0393. The standard InChI is InChI=1S/C12H21N3OS.ClH/c1-5-7(3)10(13)11(16)15-12-14-9(6-2)8(4)17-12;/h7,10H,5-6,13H2,1-4H3,(H,14,15,16);1H. The average Bonchev–Trinajstić information content (AvgIpc) is 2.67. The second-order valence-corrected chi connectivity index (χ2v) is 5.48. The number of thiazole rings is 1. The molecular weight excluding hydrogens is 270 g/mol. The van der Waals surface area contributed by atoms with Crippen LogP contribution in [-0.4, -0.2) is 16.9 Å². The summed E-state index contributed by atoms with van der Waals surface area (Å²) in [6, 6.07) is -0.464. The Kier molecular flexibility index (Phi) is 7.43. The van der Waals surface area contributed by atoms with E-state index >= 15 is 0 Å². The first-order valence-corrected chi connectivity index (χ1v) is 6.83. The quantitative estimate of drug-likeness (QED) is 0.876. The monoisotopic (exact) mass is 291 g/mol. The Morgan fingerprint density at radius 3 is 2.56 bits per heavy atom. The van der Waals surface area contributed by atoms with Gasteiger partial charge in [0, 0.05) is 4.88 Å². The van der Waals surface area contributed by atoms with E-state index in [1.807, 2.05) is 20.8 Å². The molecule has 0 aliphatic heterocycles. The van der Waals surface area contributed by atoms with Gasteiger partial charge >= 0.3 is 0 Å². The van der Waals surface area contributed by atoms with Gasteiger partial charge in [0.25, 0.3) is 0 Å². The van der Waals surface area contributed by atoms with Crippen LogP contribution in [0.2, 0.25) is 0 Å². The van der Waals surface area contributed by atoms with Crippen molar-refractivity contribution < 1.29 is 4.79 Å². The number of hydrogen-bond acceptors (Lipinski definition) is 4. The molecular formula is C12H22ClN3OS. The summed E-state index contributed by atoms with van der Waals surface area (Å²) < 4.78 is 0. The number of rotatable bonds is 5. The zero-order chi connectivity index (χ0) is 13.0. The zero-order valence-electron chi connectivity index (χ0n) is 11.3. The molecule has 3 N–H and O–H groups in total. The number of nitrogens with zero attached hydrogens (tertiary/aromatic N) is 1. The molecule has 1 aromatic heterocycles. The van der Waals surface area contributed by atoms with Crippen LogP contribution in [0.15, 0.2) is 0 Å². The van der Waals surface area contributed by atoms with Gasteiger partial charge < -0.3 is 11.1 Å². The molecule has 0 aliphatic carbocycles. The molecule has 0 radical (unpaired) electrons. The van der Waals surface area contributed by atoms with Crippen LogP contribution in [0.1, 0.15) is 37.8 Å². The lowest BCUT2D eigenvalue weighted by atomic mass is 10.00. The molecule has 0 saturated heterocycles. The number of aromatic nitrogens is 1. The third kappa shape index (κ3) is 4.23. The lowest BCUT2D eigenvalue weighted by molar-refractivity contribution is -0.118. The van der Waals surface area contributed by atoms with Gasteiger partial charge in [-0.15, -0.1) is 23.7 Å². The Morgan fingerprint density at radius 1 is 1.50 bits per heavy atom. The molecule has 1 amide bonds. The topological polar surface area (TPSA) is 68.0 Å². The fourth-order valence-electron chi connectivity index (χ4n) is 1.51. The van der Waals surface area contributed by atoms with Crippen molar-refractivity contribution in [3.05, 3.63) is 10.6 Å². The van der Waals surface area contributed by atoms with E-state index in [9.17, 15) is 4.79 Å². The van der Waals surface area contributed by atoms with E-state index in [0.29, 0.717) is 5.13 Å². The Bertz CT molecular complexity index is 395. The molecule has 6 heteroatoms. The highest BCUT2D eigenvalue weighted by Gasteiger charge is 2.20. The van der Waals surface area contributed by atoms with Gasteiger partial charge in [-0.1, -0.05) is 27.2 Å². The summed E-state index contributed by atoms with van der Waals surface area (Å²) in [6.45, 7) is 8.08. The largest absolute Gasteiger partial charge is 0.320 e. The molecule has 0 aromatic carbocycles. The molecule has 1 rings (SSSR count). The normalized spacial score (nSPS) is 13.6. The third-order valence-corrected chi connectivity index (χ3v) is 3.95. The van der Waals surface area contributed by atoms with Gasteiger partial charge in [-0.3, -0.25) is 4.79 Å². The summed E-state index contributed by atoms with van der Waals surface area (Å²) in [4.78, 5) is 17.4. The van der Waals surface area contributed by atoms with E-state index in [1.54, 1.807) is 0 Å². The minimum absolute atomic E-state index is 0. The zero-order valence-corrected chi connectivity index (χ0v) is 13.0. The number of anilines is 1. The van der Waals surface area contributed by atoms with Crippen LogP contribution in [0.5, 0.6) is 0 Å². The fourth-order valence-corrected chi connectivity index (χ4v) is 2.42. The van der Waals surface area contributed by atoms with Crippen LogP contribution in [0, 0.1) is 12.8 Å². The Hall–Kier alpha value is -0.650. The molecule has 2 atom stereocenters. The van der Waals surface area contributed by atoms with Crippen molar-refractivity contribution in [2.75, 3.05) is 5.32 Å². The van der Waals surface area contributed by atoms with Crippen molar-refractivity contribution >= 4 is 34.8 Å². The van der Waals surface area contributed by atoms with Crippen molar-refractivity contribution in [1.82, 2.24) is 4.98 Å². The lowest BCUT2D eigenvalue weighted by Gasteiger charge is -2.16. The van der Waals surface area contributed by atoms with Crippen LogP contribution in [0.4, 0.5) is 5.13 Å². The molecule has 0 spiro atoms. The average molecular weight is 292 g/mol. The van der Waals surface area contributed by atoms with Crippen LogP contribution < -0.4 is 11.1 Å². The Balaban J connectivity index is 0.00000289. The number of nitrogens with one attached hydrogen (secondary N) is 1. The number of carbonyl (C=O) groups is 1. The van der Waals surface area contributed by atoms with E-state index in [1.165, 1.54) is 11.3 Å². The summed E-state index contributed by atoms with van der Waals surface area (Å²) in [6.07, 6.45) is 1.78. The molecule has 4 nitrogen and oxygen atoms in total. The van der Waals surface area contributed by atoms with E-state index < -0.39 is 6.04 Å². The highest BCUT2D eigenvalue weighted by atomic mass is 35.5. The van der Waals surface area contributed by atoms with Crippen molar-refractivity contribution in [1.29, 1.82) is 0 Å². The number of aryl methyl sites for hydroxylation is 2. The summed E-state index contributed by atoms with van der Waals surface area (Å²) >= 11 is 1.51. The second-order valence-electron chi connectivity index (χ2n) is 4.28. The maximum absolute atomic E-state index is 11.9. The summed E-state index contributed by atoms with van der Waals surface area (Å²) in [5.41, 5.74) is 6.91. The molecule has 1 heterocycles. The minimum atomic E-state index is -0.464. The van der Waals surface area contributed by atoms with Crippen LogP contribution in [0.25, 0.3) is 0 Å². The maximum atomic E-state index is 11.9. The van der Waals surface area contributed by atoms with Crippen LogP contribution in [-0.2, 0) is 11.2 Å². The van der Waals surface area contributed by atoms with Crippen molar-refractivity contribution in [3.8, 4) is 0 Å². The first kappa shape index (κ1) is 17.4. The second kappa shape index (κ2) is 7.71. The van der Waals surface area contributed by atoms with Gasteiger partial charge in [-0.2, -0.15) is 0 Å². The molecule has 2 unspecified atom stereocenters. The van der Waals surface area contributed by atoms with E-state index in [-0.39, 0.29) is 24.2 Å². The van der Waals surface area contributed by atoms with Gasteiger partial charge in [0.2, 0.25) is 5.91 Å². The van der Waals surface area contributed by atoms with E-state index in [2.05, 4.69) is 17.2 Å². The van der Waals surface area contributed by atoms with Crippen molar-refractivity contribution in [2.45, 2.75) is 46.6 Å². The lowest BCUT2D eigenvalue weighted by Crippen LogP contribution is -2.40. The Labute approximate surface area is 119 Å². The smallest absolute Gasteiger partial charge is 0.243 e. The van der Waals surface area contributed by atoms with Gasteiger partial charge in [0.05, 0.1) is 11.7 Å². The molecule has 0 bridgehead atoms. The molecule has 18 heavy (non-hydrogen) atoms. The summed E-state index contributed by atoms with van der Waals surface area (Å²) in [5, 5.41) is 3.45.